The molecule has 108 valence electrons. The van der Waals surface area contributed by atoms with Gasteiger partial charge >= 0.3 is 0 Å². The van der Waals surface area contributed by atoms with Crippen LogP contribution in [0, 0.1) is 0 Å². The van der Waals surface area contributed by atoms with E-state index in [1.54, 1.807) is 12.1 Å². The van der Waals surface area contributed by atoms with E-state index in [2.05, 4.69) is 11.7 Å². The fourth-order valence-electron chi connectivity index (χ4n) is 2.72. The summed E-state index contributed by atoms with van der Waals surface area (Å²) in [7, 11) is 1.48. The maximum Gasteiger partial charge on any atom is 0.261 e. The van der Waals surface area contributed by atoms with E-state index in [1.165, 1.54) is 15.7 Å². The predicted molar refractivity (Wildman–Crippen MR) is 90.0 cm³/mol. The Labute approximate surface area is 132 Å². The van der Waals surface area contributed by atoms with Crippen LogP contribution in [0.5, 0.6) is 0 Å². The van der Waals surface area contributed by atoms with Gasteiger partial charge in [-0.3, -0.25) is 14.5 Å². The largest absolute Gasteiger partial charge is 0.274 e. The number of rotatable bonds is 5. The Morgan fingerprint density at radius 3 is 2.14 bits per heavy atom. The summed E-state index contributed by atoms with van der Waals surface area (Å²) in [6, 6.07) is 11.2. The van der Waals surface area contributed by atoms with Crippen molar-refractivity contribution >= 4 is 45.0 Å². The molecule has 1 aliphatic heterocycles. The molecule has 0 saturated carbocycles. The Balaban J connectivity index is 1.95. The smallest absolute Gasteiger partial charge is 0.261 e. The zero-order chi connectivity index (χ0) is 14.8. The molecule has 2 amide bonds. The van der Waals surface area contributed by atoms with Gasteiger partial charge in [-0.25, -0.2) is 0 Å². The molecule has 1 aliphatic rings. The minimum atomic E-state index is -0.178. The van der Waals surface area contributed by atoms with Crippen molar-refractivity contribution in [2.45, 2.75) is 12.8 Å². The van der Waals surface area contributed by atoms with E-state index in [-0.39, 0.29) is 11.8 Å². The lowest BCUT2D eigenvalue weighted by atomic mass is 9.94. The minimum Gasteiger partial charge on any atom is -0.274 e. The molecule has 0 saturated heterocycles. The molecule has 0 radical (unpaired) electrons. The van der Waals surface area contributed by atoms with Gasteiger partial charge in [-0.2, -0.15) is 0 Å². The highest BCUT2D eigenvalue weighted by molar-refractivity contribution is 8.68. The number of benzene rings is 2. The Kier molecular flexibility index (Phi) is 4.22. The van der Waals surface area contributed by atoms with Gasteiger partial charge in [-0.15, -0.1) is 11.7 Å². The van der Waals surface area contributed by atoms with E-state index in [0.717, 1.165) is 29.4 Å². The first kappa shape index (κ1) is 14.5. The summed E-state index contributed by atoms with van der Waals surface area (Å²) in [5.74, 6) is 0.566. The number of carbonyl (C=O) groups excluding carboxylic acids is 2. The second kappa shape index (κ2) is 6.12. The topological polar surface area (TPSA) is 37.4 Å². The van der Waals surface area contributed by atoms with Crippen molar-refractivity contribution in [3.05, 3.63) is 47.5 Å². The molecular weight excluding hydrogens is 302 g/mol. The molecule has 5 heteroatoms. The highest BCUT2D eigenvalue weighted by Gasteiger charge is 2.31. The molecular formula is C16H15NO2S2. The molecule has 0 bridgehead atoms. The second-order valence-corrected chi connectivity index (χ2v) is 6.45. The van der Waals surface area contributed by atoms with E-state index >= 15 is 0 Å². The third kappa shape index (κ3) is 2.56. The summed E-state index contributed by atoms with van der Waals surface area (Å²) < 4.78 is 0. The zero-order valence-electron chi connectivity index (χ0n) is 11.4. The van der Waals surface area contributed by atoms with Crippen LogP contribution in [-0.2, 0) is 0 Å². The van der Waals surface area contributed by atoms with Crippen LogP contribution >= 0.6 is 22.5 Å². The van der Waals surface area contributed by atoms with E-state index in [4.69, 9.17) is 0 Å². The molecule has 0 fully saturated rings. The van der Waals surface area contributed by atoms with Crippen molar-refractivity contribution in [3.8, 4) is 0 Å². The van der Waals surface area contributed by atoms with Crippen molar-refractivity contribution in [1.82, 2.24) is 4.90 Å². The Hall–Kier alpha value is -1.46. The van der Waals surface area contributed by atoms with Crippen LogP contribution in [0.1, 0.15) is 33.6 Å². The van der Waals surface area contributed by atoms with Gasteiger partial charge in [-0.05, 0) is 30.4 Å². The minimum absolute atomic E-state index is 0.178. The summed E-state index contributed by atoms with van der Waals surface area (Å²) in [6.45, 7) is 0.469. The van der Waals surface area contributed by atoms with Crippen molar-refractivity contribution in [3.63, 3.8) is 0 Å². The number of thiol groups is 1. The van der Waals surface area contributed by atoms with E-state index in [9.17, 15) is 9.59 Å². The highest BCUT2D eigenvalue weighted by Crippen LogP contribution is 2.30. The third-order valence-corrected chi connectivity index (χ3v) is 4.74. The number of carbonyl (C=O) groups is 2. The first-order chi connectivity index (χ1) is 10.2. The molecule has 0 N–H and O–H groups in total. The van der Waals surface area contributed by atoms with E-state index in [1.807, 2.05) is 24.3 Å². The predicted octanol–water partition coefficient (Wildman–Crippen LogP) is 3.79. The molecule has 0 atom stereocenters. The SMILES string of the molecule is O=C1c2cccc3cccc(c23)C(=O)N1CCCCSS. The van der Waals surface area contributed by atoms with Crippen LogP contribution in [0.25, 0.3) is 10.8 Å². The van der Waals surface area contributed by atoms with Crippen LogP contribution in [-0.4, -0.2) is 29.0 Å². The van der Waals surface area contributed by atoms with Crippen LogP contribution in [0.15, 0.2) is 36.4 Å². The Bertz CT molecular complexity index is 664. The molecule has 3 nitrogen and oxygen atoms in total. The highest BCUT2D eigenvalue weighted by atomic mass is 33.1. The van der Waals surface area contributed by atoms with E-state index in [0.29, 0.717) is 17.7 Å². The van der Waals surface area contributed by atoms with Crippen molar-refractivity contribution < 1.29 is 9.59 Å². The zero-order valence-corrected chi connectivity index (χ0v) is 13.1. The van der Waals surface area contributed by atoms with Crippen molar-refractivity contribution in [1.29, 1.82) is 0 Å². The monoisotopic (exact) mass is 317 g/mol. The number of amides is 2. The molecule has 2 aromatic carbocycles. The molecule has 0 aromatic heterocycles. The molecule has 21 heavy (non-hydrogen) atoms. The normalized spacial score (nSPS) is 14.0. The van der Waals surface area contributed by atoms with Gasteiger partial charge < -0.3 is 0 Å². The van der Waals surface area contributed by atoms with Gasteiger partial charge in [0.1, 0.15) is 0 Å². The van der Waals surface area contributed by atoms with Crippen molar-refractivity contribution in [2.24, 2.45) is 0 Å². The lowest BCUT2D eigenvalue weighted by molar-refractivity contribution is 0.0608. The standard InChI is InChI=1S/C16H15NO2S2/c18-15-12-7-3-5-11-6-4-8-13(14(11)12)16(19)17(15)9-1-2-10-21-20/h3-8,20H,1-2,9-10H2. The molecule has 2 aromatic rings. The van der Waals surface area contributed by atoms with Crippen LogP contribution in [0.3, 0.4) is 0 Å². The summed E-state index contributed by atoms with van der Waals surface area (Å²) in [5.41, 5.74) is 1.26. The van der Waals surface area contributed by atoms with Gasteiger partial charge in [0.15, 0.2) is 0 Å². The molecule has 0 aliphatic carbocycles. The Morgan fingerprint density at radius 2 is 1.57 bits per heavy atom. The summed E-state index contributed by atoms with van der Waals surface area (Å²) in [5, 5.41) is 1.73. The van der Waals surface area contributed by atoms with Crippen molar-refractivity contribution in [2.75, 3.05) is 12.3 Å². The van der Waals surface area contributed by atoms with Crippen LogP contribution in [0.2, 0.25) is 0 Å². The Morgan fingerprint density at radius 1 is 0.952 bits per heavy atom. The molecule has 1 heterocycles. The van der Waals surface area contributed by atoms with Gasteiger partial charge in [0.05, 0.1) is 0 Å². The maximum atomic E-state index is 12.6. The second-order valence-electron chi connectivity index (χ2n) is 5.01. The van der Waals surface area contributed by atoms with Gasteiger partial charge in [-0.1, -0.05) is 35.1 Å². The fraction of sp³-hybridized carbons (Fsp3) is 0.250. The number of hydrogen-bond donors (Lipinski definition) is 1. The molecule has 0 spiro atoms. The van der Waals surface area contributed by atoms with Crippen LogP contribution < -0.4 is 0 Å². The lowest BCUT2D eigenvalue weighted by Crippen LogP contribution is -2.40. The van der Waals surface area contributed by atoms with E-state index < -0.39 is 0 Å². The third-order valence-electron chi connectivity index (χ3n) is 3.72. The number of nitrogens with zero attached hydrogens (tertiary/aromatic N) is 1. The lowest BCUT2D eigenvalue weighted by Gasteiger charge is -2.27. The number of unbranched alkanes of at least 4 members (excludes halogenated alkanes) is 1. The number of imide groups is 1. The quantitative estimate of drug-likeness (QED) is 0.394. The maximum absolute atomic E-state index is 12.6. The molecule has 3 rings (SSSR count). The molecule has 0 unspecified atom stereocenters. The average molecular weight is 317 g/mol. The van der Waals surface area contributed by atoms with Gasteiger partial charge in [0, 0.05) is 28.8 Å². The first-order valence-electron chi connectivity index (χ1n) is 6.88. The first-order valence-corrected chi connectivity index (χ1v) is 8.92. The number of hydrogen-bond acceptors (Lipinski definition) is 4. The van der Waals surface area contributed by atoms with Gasteiger partial charge in [0.25, 0.3) is 11.8 Å². The summed E-state index contributed by atoms with van der Waals surface area (Å²) >= 11 is 4.09. The average Bonchev–Trinajstić information content (AvgIpc) is 2.51. The van der Waals surface area contributed by atoms with Crippen LogP contribution in [0.4, 0.5) is 0 Å². The fourth-order valence-corrected chi connectivity index (χ4v) is 3.44. The van der Waals surface area contributed by atoms with Gasteiger partial charge in [0.2, 0.25) is 0 Å². The summed E-state index contributed by atoms with van der Waals surface area (Å²) in [4.78, 5) is 26.5. The summed E-state index contributed by atoms with van der Waals surface area (Å²) in [6.07, 6.45) is 1.75.